The summed E-state index contributed by atoms with van der Waals surface area (Å²) >= 11 is 0. The third kappa shape index (κ3) is 18.0. The van der Waals surface area contributed by atoms with Crippen molar-refractivity contribution in [1.82, 2.24) is 0 Å². The van der Waals surface area contributed by atoms with Crippen LogP contribution in [-0.4, -0.2) is 82.7 Å². The van der Waals surface area contributed by atoms with Crippen LogP contribution in [0, 0.1) is 0 Å². The van der Waals surface area contributed by atoms with E-state index < -0.39 is 26.6 Å². The van der Waals surface area contributed by atoms with Crippen molar-refractivity contribution in [2.45, 2.75) is 44.8 Å². The molecule has 0 aliphatic carbocycles. The van der Waals surface area contributed by atoms with Crippen molar-refractivity contribution < 1.29 is 38.7 Å². The Labute approximate surface area is 133 Å². The van der Waals surface area contributed by atoms with E-state index in [4.69, 9.17) is 20.0 Å². The number of aliphatic hydroxyl groups excluding tert-OH is 3. The van der Waals surface area contributed by atoms with Gasteiger partial charge in [0.1, 0.15) is 12.6 Å². The second-order valence-corrected chi connectivity index (χ2v) is 7.31. The van der Waals surface area contributed by atoms with Crippen LogP contribution in [0.2, 0.25) is 0 Å². The summed E-state index contributed by atoms with van der Waals surface area (Å²) in [6.07, 6.45) is 0.590. The van der Waals surface area contributed by atoms with Gasteiger partial charge in [-0.1, -0.05) is 26.2 Å². The molecule has 22 heavy (non-hydrogen) atoms. The van der Waals surface area contributed by atoms with E-state index in [2.05, 4.69) is 25.7 Å². The van der Waals surface area contributed by atoms with Crippen LogP contribution in [0.25, 0.3) is 0 Å². The maximum atomic E-state index is 10.6. The van der Waals surface area contributed by atoms with E-state index in [0.29, 0.717) is 12.8 Å². The summed E-state index contributed by atoms with van der Waals surface area (Å²) in [6, 6.07) is 0. The van der Waals surface area contributed by atoms with Crippen molar-refractivity contribution in [2.24, 2.45) is 0 Å². The molecule has 0 aliphatic heterocycles. The highest BCUT2D eigenvalue weighted by atomic mass is 31.2. The van der Waals surface area contributed by atoms with Gasteiger partial charge >= 0.3 is 7.82 Å². The molecule has 8 nitrogen and oxygen atoms in total. The Balaban J connectivity index is 0. The van der Waals surface area contributed by atoms with Crippen LogP contribution < -0.4 is 0 Å². The van der Waals surface area contributed by atoms with Crippen LogP contribution in [-0.2, 0) is 9.09 Å². The normalized spacial score (nSPS) is 15.0. The van der Waals surface area contributed by atoms with Gasteiger partial charge < -0.3 is 29.6 Å². The Hall–Kier alpha value is -0.0500. The molecule has 0 aromatic rings. The molecule has 2 atom stereocenters. The second-order valence-electron chi connectivity index (χ2n) is 6.12. The van der Waals surface area contributed by atoms with Crippen molar-refractivity contribution in [1.29, 1.82) is 0 Å². The van der Waals surface area contributed by atoms with Crippen LogP contribution in [0.4, 0.5) is 0 Å². The molecule has 0 amide bonds. The lowest BCUT2D eigenvalue weighted by Crippen LogP contribution is -2.36. The number of nitrogens with zero attached hydrogens (tertiary/aromatic N) is 1. The fourth-order valence-electron chi connectivity index (χ4n) is 1.50. The van der Waals surface area contributed by atoms with Gasteiger partial charge in [-0.2, -0.15) is 0 Å². The van der Waals surface area contributed by atoms with Crippen LogP contribution in [0.1, 0.15) is 32.6 Å². The average molecular weight is 346 g/mol. The second kappa shape index (κ2) is 12.4. The molecule has 2 unspecified atom stereocenters. The lowest BCUT2D eigenvalue weighted by molar-refractivity contribution is -0.870. The van der Waals surface area contributed by atoms with Crippen LogP contribution in [0.5, 0.6) is 0 Å². The lowest BCUT2D eigenvalue weighted by atomic mass is 10.1. The fourth-order valence-corrected chi connectivity index (χ4v) is 2.10. The van der Waals surface area contributed by atoms with E-state index >= 15 is 0 Å². The number of quaternary nitrogens is 1. The number of hydrogen-bond donors (Lipinski definition) is 5. The number of phosphoric acid groups is 1. The third-order valence-corrected chi connectivity index (χ3v) is 3.30. The van der Waals surface area contributed by atoms with Gasteiger partial charge in [0.15, 0.2) is 0 Å². The molecule has 0 bridgehead atoms. The van der Waals surface area contributed by atoms with Gasteiger partial charge in [0, 0.05) is 0 Å². The van der Waals surface area contributed by atoms with Crippen molar-refractivity contribution >= 4 is 7.82 Å². The summed E-state index contributed by atoms with van der Waals surface area (Å²) in [4.78, 5) is 17.2. The third-order valence-electron chi connectivity index (χ3n) is 2.75. The fraction of sp³-hybridized carbons (Fsp3) is 1.00. The van der Waals surface area contributed by atoms with Gasteiger partial charge in [-0.05, 0) is 6.42 Å². The highest BCUT2D eigenvalue weighted by Gasteiger charge is 2.27. The Morgan fingerprint density at radius 1 is 1.14 bits per heavy atom. The number of hydrogen-bond acceptors (Lipinski definition) is 5. The topological polar surface area (TPSA) is 127 Å². The standard InChI is InChI=1S/C8H19O6P.C5H14NO/c1-2-3-4-5-8(7(10)6-9)14-15(11,12)13;1-6(2,3)4-5-7/h7-10H,2-6H2,1H3,(H2,11,12,13);7H,4-5H2,1-3H3/q;+1. The lowest BCUT2D eigenvalue weighted by Gasteiger charge is -2.21. The van der Waals surface area contributed by atoms with E-state index in [1.165, 1.54) is 0 Å². The minimum atomic E-state index is -4.61. The number of rotatable bonds is 10. The summed E-state index contributed by atoms with van der Waals surface area (Å²) in [5, 5.41) is 26.3. The minimum Gasteiger partial charge on any atom is -0.394 e. The molecule has 0 aromatic heterocycles. The molecular weight excluding hydrogens is 313 g/mol. The summed E-state index contributed by atoms with van der Waals surface area (Å²) in [5.74, 6) is 0. The molecule has 0 aromatic carbocycles. The number of aliphatic hydroxyl groups is 3. The van der Waals surface area contributed by atoms with Crippen LogP contribution in [0.3, 0.4) is 0 Å². The Morgan fingerprint density at radius 2 is 1.68 bits per heavy atom. The van der Waals surface area contributed by atoms with Gasteiger partial charge in [-0.15, -0.1) is 0 Å². The van der Waals surface area contributed by atoms with Crippen LogP contribution >= 0.6 is 7.82 Å². The molecule has 0 fully saturated rings. The smallest absolute Gasteiger partial charge is 0.394 e. The summed E-state index contributed by atoms with van der Waals surface area (Å²) in [7, 11) is 1.55. The van der Waals surface area contributed by atoms with E-state index in [1.807, 2.05) is 6.92 Å². The molecular formula is C13H33NO7P+. The molecule has 0 rings (SSSR count). The van der Waals surface area contributed by atoms with Crippen molar-refractivity contribution in [3.63, 3.8) is 0 Å². The predicted molar refractivity (Wildman–Crippen MR) is 84.1 cm³/mol. The summed E-state index contributed by atoms with van der Waals surface area (Å²) < 4.78 is 15.8. The SMILES string of the molecule is CCCCCC(OP(=O)(O)O)C(O)CO.C[N+](C)(C)CCO. The highest BCUT2D eigenvalue weighted by molar-refractivity contribution is 7.46. The number of phosphoric ester groups is 1. The van der Waals surface area contributed by atoms with Crippen molar-refractivity contribution in [3.8, 4) is 0 Å². The first-order valence-electron chi connectivity index (χ1n) is 7.41. The minimum absolute atomic E-state index is 0.281. The number of likely N-dealkylation sites (N-methyl/N-ethyl adjacent to an activating group) is 1. The average Bonchev–Trinajstić information content (AvgIpc) is 2.34. The highest BCUT2D eigenvalue weighted by Crippen LogP contribution is 2.39. The van der Waals surface area contributed by atoms with Gasteiger partial charge in [0.05, 0.1) is 40.5 Å². The van der Waals surface area contributed by atoms with E-state index in [1.54, 1.807) is 0 Å². The molecule has 0 heterocycles. The first-order chi connectivity index (χ1) is 9.96. The number of unbranched alkanes of at least 4 members (excludes halogenated alkanes) is 2. The first-order valence-corrected chi connectivity index (χ1v) is 8.94. The molecule has 0 radical (unpaired) electrons. The maximum absolute atomic E-state index is 10.6. The molecule has 0 saturated heterocycles. The van der Waals surface area contributed by atoms with Crippen LogP contribution in [0.15, 0.2) is 0 Å². The molecule has 5 N–H and O–H groups in total. The first kappa shape index (κ1) is 24.2. The van der Waals surface area contributed by atoms with Gasteiger partial charge in [-0.3, -0.25) is 4.52 Å². The van der Waals surface area contributed by atoms with E-state index in [-0.39, 0.29) is 6.61 Å². The zero-order chi connectivity index (χ0) is 17.8. The van der Waals surface area contributed by atoms with Gasteiger partial charge in [-0.25, -0.2) is 4.57 Å². The van der Waals surface area contributed by atoms with E-state index in [0.717, 1.165) is 23.9 Å². The molecule has 0 spiro atoms. The monoisotopic (exact) mass is 346 g/mol. The predicted octanol–water partition coefficient (Wildman–Crippen LogP) is 0.0827. The zero-order valence-electron chi connectivity index (χ0n) is 14.1. The molecule has 0 aliphatic rings. The molecule has 9 heteroatoms. The maximum Gasteiger partial charge on any atom is 0.469 e. The quantitative estimate of drug-likeness (QED) is 0.215. The van der Waals surface area contributed by atoms with E-state index in [9.17, 15) is 9.67 Å². The molecule has 0 saturated carbocycles. The zero-order valence-corrected chi connectivity index (χ0v) is 14.9. The Bertz CT molecular complexity index is 303. The molecule has 136 valence electrons. The largest absolute Gasteiger partial charge is 0.469 e. The van der Waals surface area contributed by atoms with Gasteiger partial charge in [0.25, 0.3) is 0 Å². The van der Waals surface area contributed by atoms with Gasteiger partial charge in [0.2, 0.25) is 0 Å². The summed E-state index contributed by atoms with van der Waals surface area (Å²) in [6.45, 7) is 2.53. The van der Waals surface area contributed by atoms with Crippen molar-refractivity contribution in [2.75, 3.05) is 40.9 Å². The summed E-state index contributed by atoms with van der Waals surface area (Å²) in [5.41, 5.74) is 0. The Morgan fingerprint density at radius 3 is 1.95 bits per heavy atom. The van der Waals surface area contributed by atoms with Crippen molar-refractivity contribution in [3.05, 3.63) is 0 Å². The Kier molecular flexibility index (Phi) is 13.6.